The molecular formula is C18H33NO. The Morgan fingerprint density at radius 3 is 2.25 bits per heavy atom. The van der Waals surface area contributed by atoms with E-state index in [2.05, 4.69) is 40.7 Å². The van der Waals surface area contributed by atoms with Gasteiger partial charge in [-0.2, -0.15) is 5.26 Å². The highest BCUT2D eigenvalue weighted by molar-refractivity contribution is 5.02. The van der Waals surface area contributed by atoms with E-state index in [1.54, 1.807) is 0 Å². The van der Waals surface area contributed by atoms with Crippen molar-refractivity contribution < 1.29 is 4.74 Å². The molecular weight excluding hydrogens is 246 g/mol. The summed E-state index contributed by atoms with van der Waals surface area (Å²) in [6.07, 6.45) is 6.54. The van der Waals surface area contributed by atoms with Crippen molar-refractivity contribution in [2.24, 2.45) is 22.7 Å². The highest BCUT2D eigenvalue weighted by Crippen LogP contribution is 2.46. The predicted molar refractivity (Wildman–Crippen MR) is 84.4 cm³/mol. The van der Waals surface area contributed by atoms with Crippen LogP contribution in [0.3, 0.4) is 0 Å². The van der Waals surface area contributed by atoms with E-state index in [0.717, 1.165) is 44.8 Å². The van der Waals surface area contributed by atoms with E-state index in [1.807, 2.05) is 0 Å². The molecule has 116 valence electrons. The average Bonchev–Trinajstić information content (AvgIpc) is 2.37. The van der Waals surface area contributed by atoms with Gasteiger partial charge in [-0.05, 0) is 55.8 Å². The van der Waals surface area contributed by atoms with Gasteiger partial charge in [0.25, 0.3) is 0 Å². The monoisotopic (exact) mass is 279 g/mol. The minimum absolute atomic E-state index is 0.112. The minimum atomic E-state index is -0.112. The predicted octanol–water partition coefficient (Wildman–Crippen LogP) is 5.19. The molecule has 1 aliphatic rings. The van der Waals surface area contributed by atoms with Crippen LogP contribution in [0.1, 0.15) is 73.1 Å². The number of nitriles is 1. The lowest BCUT2D eigenvalue weighted by molar-refractivity contribution is 0.0668. The Morgan fingerprint density at radius 2 is 1.80 bits per heavy atom. The second-order valence-corrected chi connectivity index (χ2v) is 8.08. The molecule has 0 saturated heterocycles. The summed E-state index contributed by atoms with van der Waals surface area (Å²) in [5.74, 6) is 1.47. The second kappa shape index (κ2) is 7.46. The maximum absolute atomic E-state index is 9.57. The molecule has 1 saturated carbocycles. The molecule has 0 aromatic rings. The molecule has 0 radical (unpaired) electrons. The van der Waals surface area contributed by atoms with Gasteiger partial charge < -0.3 is 4.74 Å². The third kappa shape index (κ3) is 5.44. The fourth-order valence-electron chi connectivity index (χ4n) is 3.14. The van der Waals surface area contributed by atoms with Crippen LogP contribution in [0.2, 0.25) is 0 Å². The number of hydrogen-bond donors (Lipinski definition) is 0. The summed E-state index contributed by atoms with van der Waals surface area (Å²) in [5.41, 5.74) is 0.273. The molecule has 0 heterocycles. The van der Waals surface area contributed by atoms with Gasteiger partial charge in [-0.1, -0.05) is 34.6 Å². The molecule has 0 N–H and O–H groups in total. The third-order valence-electron chi connectivity index (χ3n) is 4.97. The Bertz CT molecular complexity index is 313. The zero-order chi connectivity index (χ0) is 15.2. The average molecular weight is 279 g/mol. The van der Waals surface area contributed by atoms with Crippen LogP contribution >= 0.6 is 0 Å². The maximum Gasteiger partial charge on any atom is 0.0690 e. The van der Waals surface area contributed by atoms with Crippen LogP contribution in [-0.4, -0.2) is 13.2 Å². The first-order valence-corrected chi connectivity index (χ1v) is 8.28. The smallest absolute Gasteiger partial charge is 0.0690 e. The first kappa shape index (κ1) is 17.5. The quantitative estimate of drug-likeness (QED) is 0.627. The van der Waals surface area contributed by atoms with Gasteiger partial charge >= 0.3 is 0 Å². The minimum Gasteiger partial charge on any atom is -0.381 e. The summed E-state index contributed by atoms with van der Waals surface area (Å²) in [5, 5.41) is 9.57. The molecule has 20 heavy (non-hydrogen) atoms. The highest BCUT2D eigenvalue weighted by Gasteiger charge is 2.38. The van der Waals surface area contributed by atoms with E-state index in [-0.39, 0.29) is 5.41 Å². The normalized spacial score (nSPS) is 27.6. The van der Waals surface area contributed by atoms with E-state index >= 15 is 0 Å². The molecule has 1 rings (SSSR count). The Balaban J connectivity index is 2.34. The topological polar surface area (TPSA) is 33.0 Å². The molecule has 0 aromatic heterocycles. The number of ether oxygens (including phenoxy) is 1. The summed E-state index contributed by atoms with van der Waals surface area (Å²) < 4.78 is 5.72. The zero-order valence-corrected chi connectivity index (χ0v) is 14.2. The van der Waals surface area contributed by atoms with E-state index in [9.17, 15) is 5.26 Å². The van der Waals surface area contributed by atoms with Gasteiger partial charge in [-0.3, -0.25) is 0 Å². The van der Waals surface area contributed by atoms with Crippen molar-refractivity contribution >= 4 is 0 Å². The third-order valence-corrected chi connectivity index (χ3v) is 4.97. The van der Waals surface area contributed by atoms with E-state index in [1.165, 1.54) is 12.8 Å². The highest BCUT2D eigenvalue weighted by atomic mass is 16.5. The fraction of sp³-hybridized carbons (Fsp3) is 0.944. The maximum atomic E-state index is 9.57. The number of nitrogens with zero attached hydrogens (tertiary/aromatic N) is 1. The summed E-state index contributed by atoms with van der Waals surface area (Å²) in [4.78, 5) is 0. The van der Waals surface area contributed by atoms with Crippen LogP contribution in [0.5, 0.6) is 0 Å². The van der Waals surface area contributed by atoms with Crippen LogP contribution in [0.25, 0.3) is 0 Å². The SMILES string of the molecule is CC(C)CCOCCC1(C#N)CCC(C(C)(C)C)CC1. The lowest BCUT2D eigenvalue weighted by Gasteiger charge is -2.40. The van der Waals surface area contributed by atoms with Gasteiger partial charge in [0.2, 0.25) is 0 Å². The molecule has 0 unspecified atom stereocenters. The van der Waals surface area contributed by atoms with Crippen molar-refractivity contribution in [3.63, 3.8) is 0 Å². The summed E-state index contributed by atoms with van der Waals surface area (Å²) in [6.45, 7) is 13.0. The van der Waals surface area contributed by atoms with Crippen molar-refractivity contribution in [2.75, 3.05) is 13.2 Å². The van der Waals surface area contributed by atoms with Crippen molar-refractivity contribution in [2.45, 2.75) is 73.1 Å². The van der Waals surface area contributed by atoms with Gasteiger partial charge in [0.1, 0.15) is 0 Å². The van der Waals surface area contributed by atoms with Gasteiger partial charge in [0.15, 0.2) is 0 Å². The molecule has 0 spiro atoms. The first-order valence-electron chi connectivity index (χ1n) is 8.28. The standard InChI is InChI=1S/C18H33NO/c1-15(2)8-12-20-13-11-18(14-19)9-6-16(7-10-18)17(3,4)5/h15-16H,6-13H2,1-5H3. The van der Waals surface area contributed by atoms with Crippen molar-refractivity contribution in [1.29, 1.82) is 5.26 Å². The van der Waals surface area contributed by atoms with Crippen molar-refractivity contribution in [1.82, 2.24) is 0 Å². The lowest BCUT2D eigenvalue weighted by atomic mass is 9.63. The second-order valence-electron chi connectivity index (χ2n) is 8.08. The Morgan fingerprint density at radius 1 is 1.20 bits per heavy atom. The molecule has 0 bridgehead atoms. The molecule has 1 aliphatic carbocycles. The Labute approximate surface area is 125 Å². The van der Waals surface area contributed by atoms with Crippen LogP contribution in [0, 0.1) is 34.0 Å². The van der Waals surface area contributed by atoms with Gasteiger partial charge in [-0.25, -0.2) is 0 Å². The van der Waals surface area contributed by atoms with E-state index in [0.29, 0.717) is 11.3 Å². The molecule has 0 aromatic carbocycles. The summed E-state index contributed by atoms with van der Waals surface area (Å²) in [6, 6.07) is 2.61. The molecule has 0 atom stereocenters. The van der Waals surface area contributed by atoms with Crippen molar-refractivity contribution in [3.05, 3.63) is 0 Å². The lowest BCUT2D eigenvalue weighted by Crippen LogP contribution is -2.32. The van der Waals surface area contributed by atoms with Crippen LogP contribution in [0.4, 0.5) is 0 Å². The molecule has 2 heteroatoms. The number of hydrogen-bond acceptors (Lipinski definition) is 2. The van der Waals surface area contributed by atoms with Crippen LogP contribution in [0.15, 0.2) is 0 Å². The fourth-order valence-corrected chi connectivity index (χ4v) is 3.14. The van der Waals surface area contributed by atoms with E-state index in [4.69, 9.17) is 4.74 Å². The van der Waals surface area contributed by atoms with Gasteiger partial charge in [0, 0.05) is 13.2 Å². The van der Waals surface area contributed by atoms with Crippen LogP contribution < -0.4 is 0 Å². The largest absolute Gasteiger partial charge is 0.381 e. The van der Waals surface area contributed by atoms with Gasteiger partial charge in [-0.15, -0.1) is 0 Å². The number of rotatable bonds is 6. The molecule has 0 amide bonds. The van der Waals surface area contributed by atoms with Gasteiger partial charge in [0.05, 0.1) is 11.5 Å². The Hall–Kier alpha value is -0.550. The zero-order valence-electron chi connectivity index (χ0n) is 14.2. The molecule has 1 fully saturated rings. The molecule has 0 aliphatic heterocycles. The van der Waals surface area contributed by atoms with Crippen molar-refractivity contribution in [3.8, 4) is 6.07 Å². The van der Waals surface area contributed by atoms with E-state index < -0.39 is 0 Å². The first-order chi connectivity index (χ1) is 9.29. The Kier molecular flexibility index (Phi) is 6.52. The summed E-state index contributed by atoms with van der Waals surface area (Å²) >= 11 is 0. The molecule has 2 nitrogen and oxygen atoms in total. The summed E-state index contributed by atoms with van der Waals surface area (Å²) in [7, 11) is 0. The van der Waals surface area contributed by atoms with Crippen LogP contribution in [-0.2, 0) is 4.74 Å².